The Morgan fingerprint density at radius 3 is 2.71 bits per heavy atom. The molecular formula is C16H25N3S2. The van der Waals surface area contributed by atoms with Crippen molar-refractivity contribution in [3.05, 3.63) is 17.1 Å². The van der Waals surface area contributed by atoms with Gasteiger partial charge in [-0.15, -0.1) is 11.8 Å². The summed E-state index contributed by atoms with van der Waals surface area (Å²) in [5.74, 6) is 3.30. The van der Waals surface area contributed by atoms with Gasteiger partial charge in [-0.1, -0.05) is 13.8 Å². The summed E-state index contributed by atoms with van der Waals surface area (Å²) in [5, 5.41) is 5.33. The van der Waals surface area contributed by atoms with Gasteiger partial charge in [0.2, 0.25) is 0 Å². The number of nitrogens with zero attached hydrogens (tertiary/aromatic N) is 2. The van der Waals surface area contributed by atoms with E-state index in [4.69, 9.17) is 9.97 Å². The number of rotatable bonds is 3. The number of nitrogens with one attached hydrogen (secondary N) is 1. The first-order valence-corrected chi connectivity index (χ1v) is 10.1. The summed E-state index contributed by atoms with van der Waals surface area (Å²) < 4.78 is 0. The molecule has 5 heteroatoms. The normalized spacial score (nSPS) is 29.0. The van der Waals surface area contributed by atoms with Gasteiger partial charge in [-0.25, -0.2) is 9.97 Å². The molecular weight excluding hydrogens is 298 g/mol. The van der Waals surface area contributed by atoms with Crippen LogP contribution in [-0.2, 0) is 12.8 Å². The van der Waals surface area contributed by atoms with Gasteiger partial charge in [0, 0.05) is 34.1 Å². The Kier molecular flexibility index (Phi) is 4.99. The summed E-state index contributed by atoms with van der Waals surface area (Å²) in [6, 6.07) is 0. The van der Waals surface area contributed by atoms with Crippen molar-refractivity contribution in [1.29, 1.82) is 0 Å². The molecule has 21 heavy (non-hydrogen) atoms. The number of hydrogen-bond acceptors (Lipinski definition) is 5. The van der Waals surface area contributed by atoms with Crippen molar-refractivity contribution < 1.29 is 0 Å². The quantitative estimate of drug-likeness (QED) is 0.907. The molecule has 2 aliphatic rings. The fourth-order valence-corrected chi connectivity index (χ4v) is 5.83. The lowest BCUT2D eigenvalue weighted by Crippen LogP contribution is -2.24. The molecule has 1 aromatic rings. The molecule has 1 aliphatic heterocycles. The van der Waals surface area contributed by atoms with E-state index in [0.717, 1.165) is 42.0 Å². The molecule has 3 unspecified atom stereocenters. The minimum Gasteiger partial charge on any atom is -0.370 e. The molecule has 1 aromatic heterocycles. The van der Waals surface area contributed by atoms with Crippen molar-refractivity contribution in [3.8, 4) is 0 Å². The number of aromatic nitrogens is 2. The van der Waals surface area contributed by atoms with Crippen LogP contribution in [0, 0.1) is 0 Å². The third kappa shape index (κ3) is 3.34. The second-order valence-electron chi connectivity index (χ2n) is 5.96. The second kappa shape index (κ2) is 6.78. The highest BCUT2D eigenvalue weighted by atomic mass is 32.2. The van der Waals surface area contributed by atoms with Gasteiger partial charge in [-0.3, -0.25) is 0 Å². The molecule has 1 saturated heterocycles. The lowest BCUT2D eigenvalue weighted by molar-refractivity contribution is 0.655. The van der Waals surface area contributed by atoms with Crippen molar-refractivity contribution in [2.75, 3.05) is 17.6 Å². The third-order valence-electron chi connectivity index (χ3n) is 4.38. The highest BCUT2D eigenvalue weighted by Gasteiger charge is 2.30. The average Bonchev–Trinajstić information content (AvgIpc) is 2.50. The van der Waals surface area contributed by atoms with Crippen LogP contribution in [0.2, 0.25) is 0 Å². The Labute approximate surface area is 136 Å². The largest absolute Gasteiger partial charge is 0.370 e. The van der Waals surface area contributed by atoms with Crippen LogP contribution in [0.3, 0.4) is 0 Å². The van der Waals surface area contributed by atoms with E-state index in [-0.39, 0.29) is 0 Å². The highest BCUT2D eigenvalue weighted by molar-refractivity contribution is 8.07. The Bertz CT molecular complexity index is 507. The first-order chi connectivity index (χ1) is 10.2. The van der Waals surface area contributed by atoms with Crippen LogP contribution in [0.1, 0.15) is 55.9 Å². The number of thioether (sulfide) groups is 2. The van der Waals surface area contributed by atoms with Crippen LogP contribution >= 0.6 is 23.5 Å². The summed E-state index contributed by atoms with van der Waals surface area (Å²) in [5.41, 5.74) is 2.68. The molecule has 1 N–H and O–H groups in total. The van der Waals surface area contributed by atoms with Gasteiger partial charge < -0.3 is 5.32 Å². The van der Waals surface area contributed by atoms with Crippen LogP contribution in [0.25, 0.3) is 0 Å². The van der Waals surface area contributed by atoms with Gasteiger partial charge >= 0.3 is 0 Å². The van der Waals surface area contributed by atoms with E-state index in [9.17, 15) is 0 Å². The molecule has 0 bridgehead atoms. The van der Waals surface area contributed by atoms with E-state index in [0.29, 0.717) is 10.5 Å². The summed E-state index contributed by atoms with van der Waals surface area (Å²) >= 11 is 4.12. The first kappa shape index (κ1) is 15.5. The number of hydrogen-bond donors (Lipinski definition) is 1. The van der Waals surface area contributed by atoms with Crippen LogP contribution in [-0.4, -0.2) is 32.8 Å². The van der Waals surface area contributed by atoms with Crippen molar-refractivity contribution in [1.82, 2.24) is 9.97 Å². The van der Waals surface area contributed by atoms with Crippen molar-refractivity contribution in [2.24, 2.45) is 0 Å². The molecule has 116 valence electrons. The van der Waals surface area contributed by atoms with Gasteiger partial charge in [0.15, 0.2) is 0 Å². The molecule has 2 heterocycles. The van der Waals surface area contributed by atoms with Crippen LogP contribution < -0.4 is 5.32 Å². The van der Waals surface area contributed by atoms with Crippen molar-refractivity contribution >= 4 is 29.3 Å². The zero-order chi connectivity index (χ0) is 14.8. The molecule has 0 saturated carbocycles. The highest BCUT2D eigenvalue weighted by Crippen LogP contribution is 2.44. The molecule has 1 aliphatic carbocycles. The maximum absolute atomic E-state index is 4.95. The molecule has 1 fully saturated rings. The Morgan fingerprint density at radius 2 is 1.95 bits per heavy atom. The first-order valence-electron chi connectivity index (χ1n) is 8.09. The number of aryl methyl sites for hydroxylation is 1. The van der Waals surface area contributed by atoms with E-state index in [1.165, 1.54) is 24.1 Å². The summed E-state index contributed by atoms with van der Waals surface area (Å²) in [7, 11) is 0. The molecule has 0 amide bonds. The zero-order valence-electron chi connectivity index (χ0n) is 13.2. The smallest absolute Gasteiger partial charge is 0.144 e. The summed E-state index contributed by atoms with van der Waals surface area (Å²) in [6.45, 7) is 7.74. The molecule has 3 nitrogen and oxygen atoms in total. The maximum atomic E-state index is 4.95. The Hall–Kier alpha value is -0.420. The Balaban J connectivity index is 1.90. The minimum atomic E-state index is 0.450. The van der Waals surface area contributed by atoms with E-state index < -0.39 is 0 Å². The van der Waals surface area contributed by atoms with Gasteiger partial charge in [-0.2, -0.15) is 11.8 Å². The number of anilines is 1. The van der Waals surface area contributed by atoms with E-state index in [2.05, 4.69) is 49.6 Å². The lowest BCUT2D eigenvalue weighted by atomic mass is 9.96. The van der Waals surface area contributed by atoms with E-state index in [1.807, 2.05) is 0 Å². The van der Waals surface area contributed by atoms with Gasteiger partial charge in [0.05, 0.1) is 5.25 Å². The van der Waals surface area contributed by atoms with Gasteiger partial charge in [-0.05, 0) is 32.6 Å². The van der Waals surface area contributed by atoms with E-state index in [1.54, 1.807) is 0 Å². The average molecular weight is 324 g/mol. The van der Waals surface area contributed by atoms with Crippen LogP contribution in [0.15, 0.2) is 0 Å². The van der Waals surface area contributed by atoms with E-state index >= 15 is 0 Å². The second-order valence-corrected chi connectivity index (χ2v) is 8.96. The fourth-order valence-electron chi connectivity index (χ4n) is 2.99. The zero-order valence-corrected chi connectivity index (χ0v) is 14.8. The lowest BCUT2D eigenvalue weighted by Gasteiger charge is -2.31. The van der Waals surface area contributed by atoms with Gasteiger partial charge in [0.1, 0.15) is 11.6 Å². The predicted molar refractivity (Wildman–Crippen MR) is 94.6 cm³/mol. The van der Waals surface area contributed by atoms with Gasteiger partial charge in [0.25, 0.3) is 0 Å². The van der Waals surface area contributed by atoms with Crippen molar-refractivity contribution in [2.45, 2.75) is 62.2 Å². The molecule has 0 radical (unpaired) electrons. The van der Waals surface area contributed by atoms with Crippen molar-refractivity contribution in [3.63, 3.8) is 0 Å². The molecule has 0 spiro atoms. The van der Waals surface area contributed by atoms with Crippen LogP contribution in [0.4, 0.5) is 5.82 Å². The standard InChI is InChI=1S/C16H25N3S2/c1-4-17-15-12-7-5-6-8-13(12)18-16(19-15)14-9-20-10(2)11(3)21-14/h10-11,14H,4-9H2,1-3H3,(H,17,18,19). The monoisotopic (exact) mass is 323 g/mol. The molecule has 0 aromatic carbocycles. The maximum Gasteiger partial charge on any atom is 0.144 e. The van der Waals surface area contributed by atoms with Crippen LogP contribution in [0.5, 0.6) is 0 Å². The molecule has 3 atom stereocenters. The summed E-state index contributed by atoms with van der Waals surface area (Å²) in [4.78, 5) is 9.86. The molecule has 3 rings (SSSR count). The topological polar surface area (TPSA) is 37.8 Å². The summed E-state index contributed by atoms with van der Waals surface area (Å²) in [6.07, 6.45) is 4.81. The number of fused-ring (bicyclic) bond motifs is 1. The SMILES string of the molecule is CCNc1nc(C2CSC(C)C(C)S2)nc2c1CCCC2. The minimum absolute atomic E-state index is 0.450. The predicted octanol–water partition coefficient (Wildman–Crippen LogP) is 4.09. The Morgan fingerprint density at radius 1 is 1.14 bits per heavy atom. The third-order valence-corrected chi connectivity index (χ3v) is 7.77. The fraction of sp³-hybridized carbons (Fsp3) is 0.750.